The Kier molecular flexibility index (Phi) is 7.23. The van der Waals surface area contributed by atoms with Crippen molar-refractivity contribution in [3.8, 4) is 0 Å². The average Bonchev–Trinajstić information content (AvgIpc) is 2.33. The molecule has 0 spiro atoms. The molecule has 2 nitrogen and oxygen atoms in total. The Balaban J connectivity index is 2.29. The second-order valence-corrected chi connectivity index (χ2v) is 5.33. The van der Waals surface area contributed by atoms with Crippen LogP contribution in [0.25, 0.3) is 0 Å². The highest BCUT2D eigenvalue weighted by Gasteiger charge is 2.12. The molecular formula is C13H19F2NOS. The lowest BCUT2D eigenvalue weighted by molar-refractivity contribution is 0.170. The van der Waals surface area contributed by atoms with E-state index in [-0.39, 0.29) is 12.1 Å². The molecule has 1 aromatic carbocycles. The van der Waals surface area contributed by atoms with Gasteiger partial charge in [0.25, 0.3) is 0 Å². The fourth-order valence-electron chi connectivity index (χ4n) is 1.56. The minimum Gasteiger partial charge on any atom is -0.387 e. The molecule has 5 heteroatoms. The number of aliphatic hydroxyl groups excluding tert-OH is 1. The van der Waals surface area contributed by atoms with E-state index in [1.165, 1.54) is 6.07 Å². The zero-order chi connectivity index (χ0) is 13.4. The molecule has 0 aliphatic carbocycles. The predicted octanol–water partition coefficient (Wildman–Crippen LogP) is 2.73. The number of hydrogen-bond acceptors (Lipinski definition) is 3. The molecule has 1 unspecified atom stereocenters. The molecule has 0 aliphatic rings. The van der Waals surface area contributed by atoms with Crippen molar-refractivity contribution in [1.82, 2.24) is 5.32 Å². The van der Waals surface area contributed by atoms with Crippen LogP contribution in [0.3, 0.4) is 0 Å². The summed E-state index contributed by atoms with van der Waals surface area (Å²) in [6.07, 6.45) is 0.0707. The monoisotopic (exact) mass is 275 g/mol. The summed E-state index contributed by atoms with van der Waals surface area (Å²) in [6.45, 7) is 3.17. The number of benzene rings is 1. The maximum absolute atomic E-state index is 13.3. The first-order chi connectivity index (χ1) is 8.65. The molecule has 0 saturated heterocycles. The van der Waals surface area contributed by atoms with Gasteiger partial charge in [-0.3, -0.25) is 0 Å². The van der Waals surface area contributed by atoms with Gasteiger partial charge >= 0.3 is 0 Å². The number of halogens is 2. The van der Waals surface area contributed by atoms with Crippen LogP contribution in [0.1, 0.15) is 25.0 Å². The van der Waals surface area contributed by atoms with E-state index in [0.29, 0.717) is 0 Å². The maximum atomic E-state index is 13.3. The predicted molar refractivity (Wildman–Crippen MR) is 71.8 cm³/mol. The third-order valence-electron chi connectivity index (χ3n) is 2.51. The van der Waals surface area contributed by atoms with Crippen LogP contribution < -0.4 is 5.32 Å². The Labute approximate surface area is 111 Å². The zero-order valence-electron chi connectivity index (χ0n) is 10.5. The van der Waals surface area contributed by atoms with E-state index in [0.717, 1.165) is 36.6 Å². The SMILES string of the molecule is CCSCCCNCC(O)c1ccc(F)cc1F. The summed E-state index contributed by atoms with van der Waals surface area (Å²) in [5, 5.41) is 12.8. The third-order valence-corrected chi connectivity index (χ3v) is 3.49. The lowest BCUT2D eigenvalue weighted by Gasteiger charge is -2.13. The number of rotatable bonds is 8. The highest BCUT2D eigenvalue weighted by Crippen LogP contribution is 2.17. The smallest absolute Gasteiger partial charge is 0.131 e. The molecule has 18 heavy (non-hydrogen) atoms. The van der Waals surface area contributed by atoms with Crippen molar-refractivity contribution in [2.24, 2.45) is 0 Å². The third kappa shape index (κ3) is 5.33. The molecule has 0 bridgehead atoms. The van der Waals surface area contributed by atoms with Crippen LogP contribution >= 0.6 is 11.8 Å². The van der Waals surface area contributed by atoms with E-state index in [4.69, 9.17) is 0 Å². The molecule has 0 radical (unpaired) electrons. The second-order valence-electron chi connectivity index (χ2n) is 3.94. The summed E-state index contributed by atoms with van der Waals surface area (Å²) >= 11 is 1.86. The number of aliphatic hydroxyl groups is 1. The van der Waals surface area contributed by atoms with Crippen LogP contribution in [0, 0.1) is 11.6 Å². The molecular weight excluding hydrogens is 256 g/mol. The van der Waals surface area contributed by atoms with Crippen molar-refractivity contribution in [2.75, 3.05) is 24.6 Å². The van der Waals surface area contributed by atoms with Crippen molar-refractivity contribution in [3.63, 3.8) is 0 Å². The number of thioether (sulfide) groups is 1. The number of nitrogens with one attached hydrogen (secondary N) is 1. The van der Waals surface area contributed by atoms with Crippen molar-refractivity contribution in [3.05, 3.63) is 35.4 Å². The molecule has 102 valence electrons. The fourth-order valence-corrected chi connectivity index (χ4v) is 2.20. The number of hydrogen-bond donors (Lipinski definition) is 2. The Hall–Kier alpha value is -0.650. The van der Waals surface area contributed by atoms with Gasteiger partial charge in [0.05, 0.1) is 6.10 Å². The van der Waals surface area contributed by atoms with Gasteiger partial charge in [-0.15, -0.1) is 0 Å². The van der Waals surface area contributed by atoms with Crippen molar-refractivity contribution in [2.45, 2.75) is 19.4 Å². The van der Waals surface area contributed by atoms with Crippen LogP contribution in [0.5, 0.6) is 0 Å². The summed E-state index contributed by atoms with van der Waals surface area (Å²) in [6, 6.07) is 3.22. The van der Waals surface area contributed by atoms with Crippen molar-refractivity contribution >= 4 is 11.8 Å². The molecule has 1 rings (SSSR count). The first-order valence-electron chi connectivity index (χ1n) is 6.06. The maximum Gasteiger partial charge on any atom is 0.131 e. The summed E-state index contributed by atoms with van der Waals surface area (Å²) < 4.78 is 26.0. The molecule has 2 N–H and O–H groups in total. The van der Waals surface area contributed by atoms with Gasteiger partial charge in [-0.25, -0.2) is 8.78 Å². The minimum absolute atomic E-state index is 0.131. The zero-order valence-corrected chi connectivity index (χ0v) is 11.3. The summed E-state index contributed by atoms with van der Waals surface area (Å²) in [4.78, 5) is 0. The summed E-state index contributed by atoms with van der Waals surface area (Å²) in [5.41, 5.74) is 0.131. The average molecular weight is 275 g/mol. The molecule has 0 heterocycles. The van der Waals surface area contributed by atoms with Gasteiger partial charge in [-0.05, 0) is 30.5 Å². The van der Waals surface area contributed by atoms with E-state index in [1.54, 1.807) is 0 Å². The molecule has 0 saturated carbocycles. The fraction of sp³-hybridized carbons (Fsp3) is 0.538. The first-order valence-corrected chi connectivity index (χ1v) is 7.22. The van der Waals surface area contributed by atoms with Crippen LogP contribution in [0.2, 0.25) is 0 Å². The standard InChI is InChI=1S/C13H19F2NOS/c1-2-18-7-3-6-16-9-13(17)11-5-4-10(14)8-12(11)15/h4-5,8,13,16-17H,2-3,6-7,9H2,1H3. The molecule has 0 fully saturated rings. The van der Waals surface area contributed by atoms with Gasteiger partial charge in [0.15, 0.2) is 0 Å². The lowest BCUT2D eigenvalue weighted by atomic mass is 10.1. The van der Waals surface area contributed by atoms with E-state index in [1.807, 2.05) is 11.8 Å². The van der Waals surface area contributed by atoms with E-state index < -0.39 is 17.7 Å². The topological polar surface area (TPSA) is 32.3 Å². The largest absolute Gasteiger partial charge is 0.387 e. The molecule has 0 aliphatic heterocycles. The van der Waals surface area contributed by atoms with Gasteiger partial charge < -0.3 is 10.4 Å². The molecule has 1 atom stereocenters. The van der Waals surface area contributed by atoms with Gasteiger partial charge in [-0.2, -0.15) is 11.8 Å². The van der Waals surface area contributed by atoms with Crippen molar-refractivity contribution < 1.29 is 13.9 Å². The minimum atomic E-state index is -0.940. The second kappa shape index (κ2) is 8.45. The normalized spacial score (nSPS) is 12.7. The quantitative estimate of drug-likeness (QED) is 0.716. The lowest BCUT2D eigenvalue weighted by Crippen LogP contribution is -2.23. The van der Waals surface area contributed by atoms with Gasteiger partial charge in [0, 0.05) is 18.2 Å². The Morgan fingerprint density at radius 3 is 2.83 bits per heavy atom. The van der Waals surface area contributed by atoms with Crippen LogP contribution in [0.4, 0.5) is 8.78 Å². The first kappa shape index (κ1) is 15.4. The van der Waals surface area contributed by atoms with Crippen LogP contribution in [-0.2, 0) is 0 Å². The summed E-state index contributed by atoms with van der Waals surface area (Å²) in [5.74, 6) is 0.840. The Bertz CT molecular complexity index is 363. The Morgan fingerprint density at radius 1 is 1.39 bits per heavy atom. The van der Waals surface area contributed by atoms with Crippen LogP contribution in [-0.4, -0.2) is 29.7 Å². The highest BCUT2D eigenvalue weighted by atomic mass is 32.2. The van der Waals surface area contributed by atoms with E-state index in [9.17, 15) is 13.9 Å². The van der Waals surface area contributed by atoms with Gasteiger partial charge in [0.2, 0.25) is 0 Å². The molecule has 0 aromatic heterocycles. The highest BCUT2D eigenvalue weighted by molar-refractivity contribution is 7.99. The van der Waals surface area contributed by atoms with Gasteiger partial charge in [-0.1, -0.05) is 13.0 Å². The Morgan fingerprint density at radius 2 is 2.17 bits per heavy atom. The molecule has 1 aromatic rings. The van der Waals surface area contributed by atoms with Crippen molar-refractivity contribution in [1.29, 1.82) is 0 Å². The van der Waals surface area contributed by atoms with E-state index in [2.05, 4.69) is 12.2 Å². The van der Waals surface area contributed by atoms with Gasteiger partial charge in [0.1, 0.15) is 11.6 Å². The van der Waals surface area contributed by atoms with E-state index >= 15 is 0 Å². The van der Waals surface area contributed by atoms with Crippen LogP contribution in [0.15, 0.2) is 18.2 Å². The summed E-state index contributed by atoms with van der Waals surface area (Å²) in [7, 11) is 0. The molecule has 0 amide bonds.